The molecule has 3 aromatic carbocycles. The van der Waals surface area contributed by atoms with Crippen molar-refractivity contribution in [2.24, 2.45) is 15.0 Å². The van der Waals surface area contributed by atoms with E-state index < -0.39 is 0 Å². The number of aliphatic imine (C=N–C) groups is 3. The topological polar surface area (TPSA) is 62.0 Å². The molecule has 38 heavy (non-hydrogen) atoms. The van der Waals surface area contributed by atoms with Crippen LogP contribution in [0.25, 0.3) is 0 Å². The van der Waals surface area contributed by atoms with E-state index in [0.717, 1.165) is 22.9 Å². The molecule has 9 heteroatoms. The molecule has 1 saturated heterocycles. The number of rotatable bonds is 7. The van der Waals surface area contributed by atoms with Crippen LogP contribution in [0.2, 0.25) is 10.0 Å². The van der Waals surface area contributed by atoms with Gasteiger partial charge in [-0.3, -0.25) is 9.80 Å². The van der Waals surface area contributed by atoms with Crippen LogP contribution in [-0.2, 0) is 0 Å². The van der Waals surface area contributed by atoms with Crippen molar-refractivity contribution in [3.05, 3.63) is 76.8 Å². The first-order chi connectivity index (χ1) is 18.2. The largest absolute Gasteiger partial charge is 0.497 e. The van der Waals surface area contributed by atoms with Crippen molar-refractivity contribution in [2.75, 3.05) is 19.1 Å². The molecule has 0 aliphatic carbocycles. The molecular formula is C29H31Cl2N5O2. The van der Waals surface area contributed by atoms with Gasteiger partial charge in [-0.05, 0) is 94.4 Å². The quantitative estimate of drug-likeness (QED) is 0.301. The lowest BCUT2D eigenvalue weighted by atomic mass is 10.2. The first-order valence-corrected chi connectivity index (χ1v) is 13.1. The third-order valence-corrected chi connectivity index (χ3v) is 6.25. The summed E-state index contributed by atoms with van der Waals surface area (Å²) < 4.78 is 10.7. The molecule has 0 spiro atoms. The van der Waals surface area contributed by atoms with Gasteiger partial charge in [-0.15, -0.1) is 0 Å². The second kappa shape index (κ2) is 11.9. The molecule has 0 atom stereocenters. The van der Waals surface area contributed by atoms with Crippen LogP contribution in [0.5, 0.6) is 11.5 Å². The fraction of sp³-hybridized carbons (Fsp3) is 0.276. The van der Waals surface area contributed by atoms with Gasteiger partial charge in [0.15, 0.2) is 11.7 Å². The first kappa shape index (κ1) is 27.5. The van der Waals surface area contributed by atoms with E-state index in [2.05, 4.69) is 18.7 Å². The van der Waals surface area contributed by atoms with E-state index in [-0.39, 0.29) is 12.1 Å². The highest BCUT2D eigenvalue weighted by Crippen LogP contribution is 2.35. The molecule has 1 aliphatic heterocycles. The van der Waals surface area contributed by atoms with Crippen molar-refractivity contribution in [3.63, 3.8) is 0 Å². The number of anilines is 1. The Labute approximate surface area is 234 Å². The van der Waals surface area contributed by atoms with E-state index in [1.807, 2.05) is 73.3 Å². The number of amidine groups is 2. The van der Waals surface area contributed by atoms with Crippen molar-refractivity contribution in [1.82, 2.24) is 4.90 Å². The van der Waals surface area contributed by atoms with Gasteiger partial charge < -0.3 is 9.47 Å². The van der Waals surface area contributed by atoms with Crippen molar-refractivity contribution >= 4 is 57.9 Å². The lowest BCUT2D eigenvalue weighted by Crippen LogP contribution is -2.40. The lowest BCUT2D eigenvalue weighted by molar-refractivity contribution is 0.414. The summed E-state index contributed by atoms with van der Waals surface area (Å²) in [6.45, 7) is 8.26. The molecule has 0 saturated carbocycles. The molecule has 1 aliphatic rings. The standard InChI is InChI=1S/C29H31Cl2N5O2/c1-18(2)32-29-35(19(3)4)27(33-21-8-12-23(37-5)13-9-21)28(34-22-10-14-24(38-6)15-11-22)36(29)26-16-7-20(30)17-25(26)31/h7-19H,1-6H3. The molecule has 0 unspecified atom stereocenters. The Hall–Kier alpha value is -3.55. The Morgan fingerprint density at radius 3 is 1.68 bits per heavy atom. The zero-order chi connectivity index (χ0) is 27.4. The van der Waals surface area contributed by atoms with Gasteiger partial charge in [0.1, 0.15) is 11.5 Å². The molecule has 198 valence electrons. The van der Waals surface area contributed by atoms with Crippen LogP contribution in [0.15, 0.2) is 81.7 Å². The maximum Gasteiger partial charge on any atom is 0.213 e. The van der Waals surface area contributed by atoms with Gasteiger partial charge in [0, 0.05) is 17.1 Å². The maximum atomic E-state index is 6.76. The minimum absolute atomic E-state index is 0.00222. The number of guanidine groups is 1. The van der Waals surface area contributed by atoms with E-state index in [0.29, 0.717) is 33.4 Å². The Kier molecular flexibility index (Phi) is 8.59. The third-order valence-electron chi connectivity index (χ3n) is 5.71. The predicted octanol–water partition coefficient (Wildman–Crippen LogP) is 7.77. The number of nitrogens with zero attached hydrogens (tertiary/aromatic N) is 5. The van der Waals surface area contributed by atoms with Gasteiger partial charge in [-0.2, -0.15) is 0 Å². The van der Waals surface area contributed by atoms with E-state index in [1.165, 1.54) is 0 Å². The summed E-state index contributed by atoms with van der Waals surface area (Å²) in [6.07, 6.45) is 0. The van der Waals surface area contributed by atoms with Crippen LogP contribution in [-0.4, -0.2) is 48.8 Å². The highest BCUT2D eigenvalue weighted by Gasteiger charge is 2.42. The van der Waals surface area contributed by atoms with Crippen molar-refractivity contribution in [1.29, 1.82) is 0 Å². The van der Waals surface area contributed by atoms with E-state index in [9.17, 15) is 0 Å². The fourth-order valence-electron chi connectivity index (χ4n) is 3.98. The zero-order valence-electron chi connectivity index (χ0n) is 22.3. The van der Waals surface area contributed by atoms with E-state index >= 15 is 0 Å². The Morgan fingerprint density at radius 2 is 1.24 bits per heavy atom. The summed E-state index contributed by atoms with van der Waals surface area (Å²) in [5, 5.41) is 1.02. The molecule has 4 rings (SSSR count). The Balaban J connectivity index is 2.01. The van der Waals surface area contributed by atoms with Crippen LogP contribution in [0.3, 0.4) is 0 Å². The average Bonchev–Trinajstić information content (AvgIpc) is 3.16. The lowest BCUT2D eigenvalue weighted by Gasteiger charge is -2.26. The van der Waals surface area contributed by atoms with Gasteiger partial charge >= 0.3 is 0 Å². The summed E-state index contributed by atoms with van der Waals surface area (Å²) >= 11 is 13.0. The molecule has 1 heterocycles. The molecule has 7 nitrogen and oxygen atoms in total. The van der Waals surface area contributed by atoms with Crippen LogP contribution in [0, 0.1) is 0 Å². The van der Waals surface area contributed by atoms with Crippen molar-refractivity contribution in [3.8, 4) is 11.5 Å². The molecule has 0 radical (unpaired) electrons. The Morgan fingerprint density at radius 1 is 0.711 bits per heavy atom. The van der Waals surface area contributed by atoms with Crippen molar-refractivity contribution < 1.29 is 9.47 Å². The van der Waals surface area contributed by atoms with Gasteiger partial charge in [0.2, 0.25) is 5.96 Å². The highest BCUT2D eigenvalue weighted by molar-refractivity contribution is 6.58. The molecule has 0 aromatic heterocycles. The second-order valence-corrected chi connectivity index (χ2v) is 10.0. The third kappa shape index (κ3) is 5.95. The normalized spacial score (nSPS) is 16.9. The van der Waals surface area contributed by atoms with E-state index in [4.69, 9.17) is 47.7 Å². The molecule has 0 N–H and O–H groups in total. The fourth-order valence-corrected chi connectivity index (χ4v) is 4.47. The molecule has 1 fully saturated rings. The van der Waals surface area contributed by atoms with Gasteiger partial charge in [-0.25, -0.2) is 15.0 Å². The highest BCUT2D eigenvalue weighted by atomic mass is 35.5. The Bertz CT molecular complexity index is 1370. The van der Waals surface area contributed by atoms with Gasteiger partial charge in [0.25, 0.3) is 0 Å². The number of halogens is 2. The van der Waals surface area contributed by atoms with Gasteiger partial charge in [0.05, 0.1) is 36.3 Å². The SMILES string of the molecule is COc1ccc(N=C2C(=Nc3ccc(OC)cc3)N(C(C)C)C(=NC(C)C)N2c2ccc(Cl)cc2Cl)cc1. The summed E-state index contributed by atoms with van der Waals surface area (Å²) in [7, 11) is 3.28. The minimum atomic E-state index is 0.00222. The summed E-state index contributed by atoms with van der Waals surface area (Å²) in [4.78, 5) is 19.2. The second-order valence-electron chi connectivity index (χ2n) is 9.18. The van der Waals surface area contributed by atoms with Crippen LogP contribution in [0.4, 0.5) is 17.1 Å². The predicted molar refractivity (Wildman–Crippen MR) is 159 cm³/mol. The van der Waals surface area contributed by atoms with Gasteiger partial charge in [-0.1, -0.05) is 23.2 Å². The van der Waals surface area contributed by atoms with Crippen LogP contribution in [0.1, 0.15) is 27.7 Å². The maximum absolute atomic E-state index is 6.76. The summed E-state index contributed by atoms with van der Waals surface area (Å²) in [5.74, 6) is 3.41. The number of methoxy groups -OCH3 is 2. The average molecular weight is 553 g/mol. The number of benzene rings is 3. The molecule has 0 amide bonds. The smallest absolute Gasteiger partial charge is 0.213 e. The number of ether oxygens (including phenoxy) is 2. The molecule has 3 aromatic rings. The van der Waals surface area contributed by atoms with Crippen molar-refractivity contribution in [2.45, 2.75) is 39.8 Å². The van der Waals surface area contributed by atoms with Crippen LogP contribution < -0.4 is 14.4 Å². The molecule has 0 bridgehead atoms. The summed E-state index contributed by atoms with van der Waals surface area (Å²) in [5.41, 5.74) is 2.18. The minimum Gasteiger partial charge on any atom is -0.497 e. The summed E-state index contributed by atoms with van der Waals surface area (Å²) in [6, 6.07) is 20.5. The molecular weight excluding hydrogens is 521 g/mol. The monoisotopic (exact) mass is 551 g/mol. The van der Waals surface area contributed by atoms with E-state index in [1.54, 1.807) is 26.4 Å². The first-order valence-electron chi connectivity index (χ1n) is 12.3. The zero-order valence-corrected chi connectivity index (χ0v) is 23.8. The number of hydrogen-bond acceptors (Lipinski definition) is 5. The number of hydrogen-bond donors (Lipinski definition) is 0. The van der Waals surface area contributed by atoms with Crippen LogP contribution >= 0.6 is 23.2 Å².